The molecule has 0 unspecified atom stereocenters. The highest BCUT2D eigenvalue weighted by Crippen LogP contribution is 2.23. The van der Waals surface area contributed by atoms with Crippen LogP contribution >= 0.6 is 0 Å². The van der Waals surface area contributed by atoms with Crippen LogP contribution < -0.4 is 5.32 Å². The Labute approximate surface area is 115 Å². The van der Waals surface area contributed by atoms with Crippen molar-refractivity contribution in [3.63, 3.8) is 0 Å². The molecule has 1 aliphatic rings. The number of nitrogens with zero attached hydrogens (tertiary/aromatic N) is 2. The van der Waals surface area contributed by atoms with Crippen molar-refractivity contribution >= 4 is 5.91 Å². The molecule has 0 atom stereocenters. The van der Waals surface area contributed by atoms with E-state index in [1.807, 2.05) is 0 Å². The molecule has 1 aliphatic heterocycles. The van der Waals surface area contributed by atoms with Crippen LogP contribution in [0.25, 0.3) is 0 Å². The summed E-state index contributed by atoms with van der Waals surface area (Å²) in [6.45, 7) is 8.66. The quantitative estimate of drug-likeness (QED) is 0.906. The summed E-state index contributed by atoms with van der Waals surface area (Å²) in [6, 6.07) is 4.17. The van der Waals surface area contributed by atoms with Gasteiger partial charge in [-0.05, 0) is 45.7 Å². The highest BCUT2D eigenvalue weighted by atomic mass is 16.1. The molecule has 19 heavy (non-hydrogen) atoms. The number of likely N-dealkylation sites (tertiary alicyclic amines) is 1. The maximum absolute atomic E-state index is 12.2. The van der Waals surface area contributed by atoms with Gasteiger partial charge in [-0.2, -0.15) is 0 Å². The summed E-state index contributed by atoms with van der Waals surface area (Å²) in [6.07, 6.45) is 5.29. The van der Waals surface area contributed by atoms with Gasteiger partial charge < -0.3 is 10.2 Å². The largest absolute Gasteiger partial charge is 0.347 e. The van der Waals surface area contributed by atoms with Crippen LogP contribution in [0.4, 0.5) is 0 Å². The standard InChI is InChI=1S/C15H23N3O/c1-12(2)18-9-6-15(3,7-10-18)17-14(19)13-5-4-8-16-11-13/h4-5,8,11-12H,6-7,9-10H2,1-3H3,(H,17,19). The number of rotatable bonds is 3. The van der Waals surface area contributed by atoms with Crippen LogP contribution in [-0.2, 0) is 0 Å². The van der Waals surface area contributed by atoms with Crippen molar-refractivity contribution in [2.45, 2.75) is 45.2 Å². The van der Waals surface area contributed by atoms with Crippen LogP contribution in [0.5, 0.6) is 0 Å². The maximum atomic E-state index is 12.2. The molecule has 2 heterocycles. The second-order valence-electron chi connectivity index (χ2n) is 5.89. The Bertz CT molecular complexity index is 422. The number of amides is 1. The lowest BCUT2D eigenvalue weighted by atomic mass is 9.88. The third-order valence-electron chi connectivity index (χ3n) is 3.97. The second-order valence-corrected chi connectivity index (χ2v) is 5.89. The molecule has 0 saturated carbocycles. The lowest BCUT2D eigenvalue weighted by Gasteiger charge is -2.41. The van der Waals surface area contributed by atoms with Crippen molar-refractivity contribution in [3.8, 4) is 0 Å². The van der Waals surface area contributed by atoms with E-state index in [0.29, 0.717) is 11.6 Å². The van der Waals surface area contributed by atoms with Gasteiger partial charge in [-0.3, -0.25) is 9.78 Å². The molecule has 1 amide bonds. The first kappa shape index (κ1) is 14.0. The highest BCUT2D eigenvalue weighted by Gasteiger charge is 2.32. The topological polar surface area (TPSA) is 45.2 Å². The number of pyridine rings is 1. The average molecular weight is 261 g/mol. The SMILES string of the molecule is CC(C)N1CCC(C)(NC(=O)c2cccnc2)CC1. The van der Waals surface area contributed by atoms with Gasteiger partial charge in [0.25, 0.3) is 5.91 Å². The second kappa shape index (κ2) is 5.70. The van der Waals surface area contributed by atoms with Gasteiger partial charge in [-0.1, -0.05) is 0 Å². The zero-order valence-corrected chi connectivity index (χ0v) is 12.0. The van der Waals surface area contributed by atoms with Gasteiger partial charge >= 0.3 is 0 Å². The van der Waals surface area contributed by atoms with Crippen LogP contribution in [-0.4, -0.2) is 40.5 Å². The molecule has 1 fully saturated rings. The minimum Gasteiger partial charge on any atom is -0.347 e. The Balaban J connectivity index is 1.94. The molecule has 1 N–H and O–H groups in total. The molecule has 1 aromatic heterocycles. The lowest BCUT2D eigenvalue weighted by Crippen LogP contribution is -2.54. The molecular formula is C15H23N3O. The fourth-order valence-corrected chi connectivity index (χ4v) is 2.50. The van der Waals surface area contributed by atoms with Gasteiger partial charge in [-0.25, -0.2) is 0 Å². The number of hydrogen-bond donors (Lipinski definition) is 1. The molecule has 0 spiro atoms. The Morgan fingerprint density at radius 1 is 1.42 bits per heavy atom. The molecule has 0 radical (unpaired) electrons. The van der Waals surface area contributed by atoms with Gasteiger partial charge in [-0.15, -0.1) is 0 Å². The predicted octanol–water partition coefficient (Wildman–Crippen LogP) is 2.07. The lowest BCUT2D eigenvalue weighted by molar-refractivity contribution is 0.0801. The van der Waals surface area contributed by atoms with Crippen LogP contribution in [0.3, 0.4) is 0 Å². The van der Waals surface area contributed by atoms with Crippen molar-refractivity contribution in [3.05, 3.63) is 30.1 Å². The van der Waals surface area contributed by atoms with Gasteiger partial charge in [0, 0.05) is 37.1 Å². The van der Waals surface area contributed by atoms with Crippen LogP contribution in [0.15, 0.2) is 24.5 Å². The zero-order chi connectivity index (χ0) is 13.9. The minimum absolute atomic E-state index is 0.0198. The Morgan fingerprint density at radius 2 is 2.11 bits per heavy atom. The van der Waals surface area contributed by atoms with Crippen LogP contribution in [0, 0.1) is 0 Å². The molecule has 1 saturated heterocycles. The normalized spacial score (nSPS) is 19.4. The van der Waals surface area contributed by atoms with Crippen molar-refractivity contribution < 1.29 is 4.79 Å². The molecule has 0 bridgehead atoms. The molecular weight excluding hydrogens is 238 g/mol. The van der Waals surface area contributed by atoms with E-state index in [2.05, 4.69) is 36.0 Å². The van der Waals surface area contributed by atoms with E-state index in [0.717, 1.165) is 25.9 Å². The summed E-state index contributed by atoms with van der Waals surface area (Å²) in [5, 5.41) is 3.17. The first-order valence-electron chi connectivity index (χ1n) is 6.97. The number of piperidine rings is 1. The number of carbonyl (C=O) groups excluding carboxylic acids is 1. The summed E-state index contributed by atoms with van der Waals surface area (Å²) in [5.41, 5.74) is 0.535. The van der Waals surface area contributed by atoms with E-state index in [-0.39, 0.29) is 11.4 Å². The summed E-state index contributed by atoms with van der Waals surface area (Å²) >= 11 is 0. The Hall–Kier alpha value is -1.42. The molecule has 0 aliphatic carbocycles. The van der Waals surface area contributed by atoms with E-state index >= 15 is 0 Å². The number of aromatic nitrogens is 1. The van der Waals surface area contributed by atoms with Gasteiger partial charge in [0.05, 0.1) is 5.56 Å². The molecule has 1 aromatic rings. The first-order chi connectivity index (χ1) is 9.00. The number of carbonyl (C=O) groups is 1. The van der Waals surface area contributed by atoms with Gasteiger partial charge in [0.2, 0.25) is 0 Å². The van der Waals surface area contributed by atoms with Crippen LogP contribution in [0.2, 0.25) is 0 Å². The van der Waals surface area contributed by atoms with Crippen molar-refractivity contribution in [1.82, 2.24) is 15.2 Å². The molecule has 104 valence electrons. The summed E-state index contributed by atoms with van der Waals surface area (Å²) < 4.78 is 0. The summed E-state index contributed by atoms with van der Waals surface area (Å²) in [5.74, 6) is -0.0198. The Kier molecular flexibility index (Phi) is 4.20. The van der Waals surface area contributed by atoms with Crippen molar-refractivity contribution in [2.24, 2.45) is 0 Å². The molecule has 0 aromatic carbocycles. The zero-order valence-electron chi connectivity index (χ0n) is 12.0. The van der Waals surface area contributed by atoms with Crippen LogP contribution in [0.1, 0.15) is 44.0 Å². The monoisotopic (exact) mass is 261 g/mol. The highest BCUT2D eigenvalue weighted by molar-refractivity contribution is 5.94. The fourth-order valence-electron chi connectivity index (χ4n) is 2.50. The van der Waals surface area contributed by atoms with Gasteiger partial charge in [0.1, 0.15) is 0 Å². The molecule has 2 rings (SSSR count). The van der Waals surface area contributed by atoms with E-state index in [1.54, 1.807) is 24.5 Å². The third kappa shape index (κ3) is 3.53. The first-order valence-corrected chi connectivity index (χ1v) is 6.97. The van der Waals surface area contributed by atoms with E-state index in [4.69, 9.17) is 0 Å². The fraction of sp³-hybridized carbons (Fsp3) is 0.600. The third-order valence-corrected chi connectivity index (χ3v) is 3.97. The summed E-state index contributed by atoms with van der Waals surface area (Å²) in [7, 11) is 0. The molecule has 4 nitrogen and oxygen atoms in total. The maximum Gasteiger partial charge on any atom is 0.253 e. The smallest absolute Gasteiger partial charge is 0.253 e. The van der Waals surface area contributed by atoms with Crippen molar-refractivity contribution in [1.29, 1.82) is 0 Å². The molecule has 4 heteroatoms. The van der Waals surface area contributed by atoms with Gasteiger partial charge in [0.15, 0.2) is 0 Å². The Morgan fingerprint density at radius 3 is 2.63 bits per heavy atom. The van der Waals surface area contributed by atoms with E-state index in [9.17, 15) is 4.79 Å². The predicted molar refractivity (Wildman–Crippen MR) is 76.1 cm³/mol. The van der Waals surface area contributed by atoms with E-state index < -0.39 is 0 Å². The summed E-state index contributed by atoms with van der Waals surface area (Å²) in [4.78, 5) is 18.6. The van der Waals surface area contributed by atoms with Crippen molar-refractivity contribution in [2.75, 3.05) is 13.1 Å². The number of hydrogen-bond acceptors (Lipinski definition) is 3. The number of nitrogens with one attached hydrogen (secondary N) is 1. The average Bonchev–Trinajstić information content (AvgIpc) is 2.40. The minimum atomic E-state index is -0.0989. The van der Waals surface area contributed by atoms with E-state index in [1.165, 1.54) is 0 Å².